The number of nitriles is 1. The molecule has 37 heavy (non-hydrogen) atoms. The molecule has 1 amide bonds. The van der Waals surface area contributed by atoms with Gasteiger partial charge in [0, 0.05) is 62.7 Å². The molecule has 2 aromatic carbocycles. The first-order valence-corrected chi connectivity index (χ1v) is 14.5. The van der Waals surface area contributed by atoms with E-state index in [9.17, 15) is 18.5 Å². The zero-order valence-corrected chi connectivity index (χ0v) is 21.7. The van der Waals surface area contributed by atoms with Crippen molar-refractivity contribution in [3.63, 3.8) is 0 Å². The van der Waals surface area contributed by atoms with Gasteiger partial charge < -0.3 is 9.64 Å². The Morgan fingerprint density at radius 3 is 2.49 bits per heavy atom. The van der Waals surface area contributed by atoms with Gasteiger partial charge in [-0.1, -0.05) is 12.1 Å². The first-order valence-electron chi connectivity index (χ1n) is 12.6. The van der Waals surface area contributed by atoms with Crippen LogP contribution >= 0.6 is 0 Å². The number of piperidine rings is 2. The summed E-state index contributed by atoms with van der Waals surface area (Å²) in [6, 6.07) is 15.8. The monoisotopic (exact) mass is 518 g/mol. The summed E-state index contributed by atoms with van der Waals surface area (Å²) >= 11 is 0. The van der Waals surface area contributed by atoms with Gasteiger partial charge in [-0.25, -0.2) is 12.7 Å². The number of ether oxygens (including phenoxy) is 1. The van der Waals surface area contributed by atoms with E-state index in [2.05, 4.69) is 17.1 Å². The minimum Gasteiger partial charge on any atom is -0.490 e. The zero-order valence-electron chi connectivity index (χ0n) is 20.8. The van der Waals surface area contributed by atoms with Crippen LogP contribution < -0.4 is 4.74 Å². The van der Waals surface area contributed by atoms with Crippen LogP contribution in [0, 0.1) is 17.2 Å². The quantitative estimate of drug-likeness (QED) is 0.509. The summed E-state index contributed by atoms with van der Waals surface area (Å²) in [6.07, 6.45) is 7.35. The van der Waals surface area contributed by atoms with E-state index < -0.39 is 10.0 Å². The van der Waals surface area contributed by atoms with E-state index in [1.165, 1.54) is 10.6 Å². The fourth-order valence-corrected chi connectivity index (χ4v) is 6.14. The molecule has 0 radical (unpaired) electrons. The van der Waals surface area contributed by atoms with Crippen molar-refractivity contribution in [1.29, 1.82) is 5.26 Å². The number of nitrogens with zero attached hydrogens (tertiary/aromatic N) is 4. The van der Waals surface area contributed by atoms with Gasteiger partial charge in [-0.3, -0.25) is 9.78 Å². The van der Waals surface area contributed by atoms with Crippen molar-refractivity contribution in [1.82, 2.24) is 14.2 Å². The number of benzene rings is 2. The highest BCUT2D eigenvalue weighted by Gasteiger charge is 2.33. The molecule has 3 aromatic rings. The fraction of sp³-hybridized carbons (Fsp3) is 0.393. The third kappa shape index (κ3) is 5.60. The molecule has 2 aliphatic heterocycles. The van der Waals surface area contributed by atoms with Crippen molar-refractivity contribution in [3.8, 4) is 22.9 Å². The van der Waals surface area contributed by atoms with E-state index >= 15 is 0 Å². The van der Waals surface area contributed by atoms with Crippen molar-refractivity contribution in [3.05, 3.63) is 60.4 Å². The number of carbonyl (C=O) groups excluding carboxylic acids is 1. The number of hydrogen-bond donors (Lipinski definition) is 0. The fourth-order valence-electron chi connectivity index (χ4n) is 5.26. The van der Waals surface area contributed by atoms with E-state index in [1.807, 2.05) is 41.4 Å². The Morgan fingerprint density at radius 1 is 1.03 bits per heavy atom. The summed E-state index contributed by atoms with van der Waals surface area (Å²) in [5, 5.41) is 11.2. The van der Waals surface area contributed by atoms with Crippen LogP contribution in [0.1, 0.15) is 31.2 Å². The smallest absolute Gasteiger partial charge is 0.225 e. The van der Waals surface area contributed by atoms with E-state index in [0.717, 1.165) is 40.5 Å². The molecular formula is C28H30N4O4S. The molecule has 0 saturated carbocycles. The Balaban J connectivity index is 1.26. The zero-order chi connectivity index (χ0) is 26.0. The molecule has 0 atom stereocenters. The second-order valence-corrected chi connectivity index (χ2v) is 11.8. The summed E-state index contributed by atoms with van der Waals surface area (Å²) < 4.78 is 31.5. The van der Waals surface area contributed by atoms with Crippen molar-refractivity contribution in [2.75, 3.05) is 32.4 Å². The molecule has 3 heterocycles. The van der Waals surface area contributed by atoms with Gasteiger partial charge in [-0.05, 0) is 59.7 Å². The topological polar surface area (TPSA) is 104 Å². The number of aromatic nitrogens is 1. The molecule has 9 heteroatoms. The summed E-state index contributed by atoms with van der Waals surface area (Å²) in [5.41, 5.74) is 2.53. The Hall–Kier alpha value is -3.48. The summed E-state index contributed by atoms with van der Waals surface area (Å²) in [5.74, 6) is 0.757. The average Bonchev–Trinajstić information content (AvgIpc) is 2.92. The van der Waals surface area contributed by atoms with Crippen LogP contribution in [-0.4, -0.2) is 67.1 Å². The number of pyridine rings is 1. The molecule has 2 saturated heterocycles. The van der Waals surface area contributed by atoms with Crippen molar-refractivity contribution < 1.29 is 17.9 Å². The van der Waals surface area contributed by atoms with Gasteiger partial charge in [0.25, 0.3) is 0 Å². The predicted octanol–water partition coefficient (Wildman–Crippen LogP) is 3.81. The number of likely N-dealkylation sites (tertiary alicyclic amines) is 1. The molecule has 0 aliphatic carbocycles. The lowest BCUT2D eigenvalue weighted by Crippen LogP contribution is -2.47. The van der Waals surface area contributed by atoms with Crippen LogP contribution in [0.25, 0.3) is 21.9 Å². The summed E-state index contributed by atoms with van der Waals surface area (Å²) in [7, 11) is -3.20. The Bertz CT molecular complexity index is 1450. The highest BCUT2D eigenvalue weighted by atomic mass is 32.2. The van der Waals surface area contributed by atoms with Crippen LogP contribution in [0.2, 0.25) is 0 Å². The molecule has 0 spiro atoms. The molecular weight excluding hydrogens is 488 g/mol. The first-order chi connectivity index (χ1) is 17.8. The molecule has 2 aliphatic rings. The van der Waals surface area contributed by atoms with Gasteiger partial charge in [0.2, 0.25) is 15.9 Å². The van der Waals surface area contributed by atoms with Crippen LogP contribution in [0.15, 0.2) is 54.9 Å². The van der Waals surface area contributed by atoms with Gasteiger partial charge >= 0.3 is 0 Å². The van der Waals surface area contributed by atoms with E-state index in [-0.39, 0.29) is 17.9 Å². The van der Waals surface area contributed by atoms with E-state index in [4.69, 9.17) is 4.74 Å². The Kier molecular flexibility index (Phi) is 7.13. The van der Waals surface area contributed by atoms with Crippen LogP contribution in [0.4, 0.5) is 0 Å². The molecule has 5 rings (SSSR count). The lowest BCUT2D eigenvalue weighted by molar-refractivity contribution is -0.138. The molecule has 8 nitrogen and oxygen atoms in total. The maximum Gasteiger partial charge on any atom is 0.225 e. The minimum absolute atomic E-state index is 0.0276. The third-order valence-electron chi connectivity index (χ3n) is 7.36. The maximum atomic E-state index is 13.1. The third-order valence-corrected chi connectivity index (χ3v) is 8.67. The summed E-state index contributed by atoms with van der Waals surface area (Å²) in [6.45, 7) is 2.05. The minimum atomic E-state index is -3.20. The second-order valence-electron chi connectivity index (χ2n) is 9.84. The highest BCUT2D eigenvalue weighted by molar-refractivity contribution is 7.88. The van der Waals surface area contributed by atoms with Crippen LogP contribution in [0.3, 0.4) is 0 Å². The molecule has 2 fully saturated rings. The van der Waals surface area contributed by atoms with Gasteiger partial charge in [0.05, 0.1) is 17.9 Å². The van der Waals surface area contributed by atoms with Crippen molar-refractivity contribution in [2.45, 2.75) is 31.8 Å². The maximum absolute atomic E-state index is 13.1. The summed E-state index contributed by atoms with van der Waals surface area (Å²) in [4.78, 5) is 19.3. The van der Waals surface area contributed by atoms with Crippen molar-refractivity contribution >= 4 is 26.7 Å². The number of sulfonamides is 1. The standard InChI is InChI=1S/C28H30N4O4S/c1-37(34,35)32-13-6-21(7-14-32)28(33)31-11-8-25(9-12-31)36-27-17-24(16-23-5-10-30-19-26(23)27)22-4-2-3-20(15-22)18-29/h2-5,10,15-17,19,21,25H,6-9,11-14H2,1H3. The SMILES string of the molecule is CS(=O)(=O)N1CCC(C(=O)N2CCC(Oc3cc(-c4cccc(C#N)c4)cc4ccncc34)CC2)CC1. The highest BCUT2D eigenvalue weighted by Crippen LogP contribution is 2.34. The molecule has 0 bridgehead atoms. The Labute approximate surface area is 217 Å². The first kappa shape index (κ1) is 25.2. The predicted molar refractivity (Wildman–Crippen MR) is 141 cm³/mol. The van der Waals surface area contributed by atoms with Gasteiger partial charge in [-0.15, -0.1) is 0 Å². The number of hydrogen-bond acceptors (Lipinski definition) is 6. The van der Waals surface area contributed by atoms with Crippen molar-refractivity contribution in [2.24, 2.45) is 5.92 Å². The normalized spacial score (nSPS) is 18.0. The van der Waals surface area contributed by atoms with E-state index in [1.54, 1.807) is 12.3 Å². The largest absolute Gasteiger partial charge is 0.490 e. The molecule has 0 unspecified atom stereocenters. The number of fused-ring (bicyclic) bond motifs is 1. The lowest BCUT2D eigenvalue weighted by Gasteiger charge is -2.36. The van der Waals surface area contributed by atoms with Gasteiger partial charge in [0.1, 0.15) is 11.9 Å². The second kappa shape index (κ2) is 10.5. The molecule has 0 N–H and O–H groups in total. The van der Waals surface area contributed by atoms with Gasteiger partial charge in [-0.2, -0.15) is 5.26 Å². The molecule has 1 aromatic heterocycles. The number of rotatable bonds is 5. The van der Waals surface area contributed by atoms with Crippen LogP contribution in [-0.2, 0) is 14.8 Å². The van der Waals surface area contributed by atoms with Crippen LogP contribution in [0.5, 0.6) is 5.75 Å². The molecule has 192 valence electrons. The van der Waals surface area contributed by atoms with Gasteiger partial charge in [0.15, 0.2) is 0 Å². The number of carbonyl (C=O) groups is 1. The number of amides is 1. The van der Waals surface area contributed by atoms with E-state index in [0.29, 0.717) is 44.6 Å². The lowest BCUT2D eigenvalue weighted by atomic mass is 9.95. The average molecular weight is 519 g/mol. The Morgan fingerprint density at radius 2 is 1.78 bits per heavy atom.